The first-order valence-electron chi connectivity index (χ1n) is 7.86. The molecule has 0 saturated carbocycles. The van der Waals surface area contributed by atoms with Crippen LogP contribution in [0.15, 0.2) is 35.7 Å². The van der Waals surface area contributed by atoms with Crippen molar-refractivity contribution in [3.8, 4) is 0 Å². The molecular formula is C17H20F3N3O2. The van der Waals surface area contributed by atoms with Gasteiger partial charge in [0.1, 0.15) is 11.4 Å². The van der Waals surface area contributed by atoms with E-state index in [1.54, 1.807) is 6.92 Å². The van der Waals surface area contributed by atoms with Crippen molar-refractivity contribution in [2.45, 2.75) is 26.6 Å². The maximum absolute atomic E-state index is 12.6. The Bertz CT molecular complexity index is 681. The van der Waals surface area contributed by atoms with Gasteiger partial charge in [-0.25, -0.2) is 4.79 Å². The highest BCUT2D eigenvalue weighted by molar-refractivity contribution is 6.18. The van der Waals surface area contributed by atoms with Gasteiger partial charge in [-0.05, 0) is 31.5 Å². The number of carbonyl (C=O) groups excluding carboxylic acids is 1. The molecule has 25 heavy (non-hydrogen) atoms. The van der Waals surface area contributed by atoms with Crippen molar-refractivity contribution < 1.29 is 22.7 Å². The Morgan fingerprint density at radius 1 is 1.32 bits per heavy atom. The number of benzene rings is 1. The lowest BCUT2D eigenvalue weighted by atomic mass is 10.1. The van der Waals surface area contributed by atoms with Gasteiger partial charge in [-0.2, -0.15) is 13.2 Å². The molecule has 136 valence electrons. The molecule has 0 unspecified atom stereocenters. The van der Waals surface area contributed by atoms with Crippen LogP contribution >= 0.6 is 0 Å². The first-order chi connectivity index (χ1) is 11.7. The van der Waals surface area contributed by atoms with Gasteiger partial charge in [0, 0.05) is 25.3 Å². The number of alkyl halides is 3. The quantitative estimate of drug-likeness (QED) is 0.484. The van der Waals surface area contributed by atoms with Crippen LogP contribution in [-0.2, 0) is 22.3 Å². The van der Waals surface area contributed by atoms with E-state index >= 15 is 0 Å². The van der Waals surface area contributed by atoms with Crippen molar-refractivity contribution in [2.75, 3.05) is 19.7 Å². The van der Waals surface area contributed by atoms with E-state index in [-0.39, 0.29) is 17.9 Å². The summed E-state index contributed by atoms with van der Waals surface area (Å²) in [6.07, 6.45) is -4.37. The van der Waals surface area contributed by atoms with E-state index in [2.05, 4.69) is 5.32 Å². The number of rotatable bonds is 5. The minimum absolute atomic E-state index is 0.0697. The van der Waals surface area contributed by atoms with Crippen molar-refractivity contribution in [1.82, 2.24) is 10.2 Å². The van der Waals surface area contributed by atoms with E-state index in [0.29, 0.717) is 31.0 Å². The number of halogens is 3. The summed E-state index contributed by atoms with van der Waals surface area (Å²) in [5.74, 6) is -0.109. The Kier molecular flexibility index (Phi) is 5.71. The highest BCUT2D eigenvalue weighted by atomic mass is 19.4. The van der Waals surface area contributed by atoms with Crippen molar-refractivity contribution in [3.63, 3.8) is 0 Å². The van der Waals surface area contributed by atoms with Gasteiger partial charge in [-0.1, -0.05) is 12.1 Å². The molecule has 0 aromatic heterocycles. The third-order valence-electron chi connectivity index (χ3n) is 3.74. The molecule has 1 aliphatic heterocycles. The largest absolute Gasteiger partial charge is 0.462 e. The Morgan fingerprint density at radius 3 is 2.48 bits per heavy atom. The number of ether oxygens (including phenoxy) is 1. The second kappa shape index (κ2) is 7.58. The summed E-state index contributed by atoms with van der Waals surface area (Å²) in [4.78, 5) is 13.9. The molecule has 2 N–H and O–H groups in total. The van der Waals surface area contributed by atoms with Crippen LogP contribution in [-0.4, -0.2) is 36.3 Å². The van der Waals surface area contributed by atoms with Crippen LogP contribution in [0.5, 0.6) is 0 Å². The van der Waals surface area contributed by atoms with E-state index in [1.807, 2.05) is 4.90 Å². The summed E-state index contributed by atoms with van der Waals surface area (Å²) in [6, 6.07) is 4.91. The topological polar surface area (TPSA) is 65.4 Å². The van der Waals surface area contributed by atoms with Crippen LogP contribution in [0.2, 0.25) is 0 Å². The minimum atomic E-state index is -4.37. The van der Waals surface area contributed by atoms with Gasteiger partial charge in [0.25, 0.3) is 0 Å². The Hall–Kier alpha value is -2.51. The summed E-state index contributed by atoms with van der Waals surface area (Å²) in [5, 5.41) is 10.9. The molecule has 0 bridgehead atoms. The minimum Gasteiger partial charge on any atom is -0.462 e. The Morgan fingerprint density at radius 2 is 1.96 bits per heavy atom. The normalized spacial score (nSPS) is 16.4. The predicted molar refractivity (Wildman–Crippen MR) is 86.9 cm³/mol. The molecule has 1 heterocycles. The molecular weight excluding hydrogens is 335 g/mol. The second-order valence-corrected chi connectivity index (χ2v) is 5.61. The molecule has 2 rings (SSSR count). The number of esters is 1. The smallest absolute Gasteiger partial charge is 0.416 e. The highest BCUT2D eigenvalue weighted by Crippen LogP contribution is 2.29. The van der Waals surface area contributed by atoms with Gasteiger partial charge in [0.2, 0.25) is 0 Å². The molecule has 1 fully saturated rings. The fourth-order valence-electron chi connectivity index (χ4n) is 2.59. The third-order valence-corrected chi connectivity index (χ3v) is 3.74. The van der Waals surface area contributed by atoms with Gasteiger partial charge in [-0.3, -0.25) is 0 Å². The lowest BCUT2D eigenvalue weighted by Crippen LogP contribution is -2.27. The van der Waals surface area contributed by atoms with Gasteiger partial charge < -0.3 is 20.4 Å². The lowest BCUT2D eigenvalue weighted by molar-refractivity contribution is -0.138. The Balaban J connectivity index is 2.24. The monoisotopic (exact) mass is 355 g/mol. The van der Waals surface area contributed by atoms with Crippen molar-refractivity contribution >= 4 is 11.7 Å². The predicted octanol–water partition coefficient (Wildman–Crippen LogP) is 2.92. The molecule has 0 atom stereocenters. The zero-order valence-corrected chi connectivity index (χ0v) is 14.0. The SMILES string of the molecule is CCOC(=O)/C(C(C)=N)=C1/NCCN1Cc1ccc(C(F)(F)F)cc1. The highest BCUT2D eigenvalue weighted by Gasteiger charge is 2.30. The number of hydrogen-bond acceptors (Lipinski definition) is 5. The molecule has 0 spiro atoms. The molecule has 1 aromatic rings. The maximum Gasteiger partial charge on any atom is 0.416 e. The van der Waals surface area contributed by atoms with Crippen LogP contribution in [0.25, 0.3) is 0 Å². The Labute approximate surface area is 144 Å². The first kappa shape index (κ1) is 18.8. The summed E-state index contributed by atoms with van der Waals surface area (Å²) in [7, 11) is 0. The van der Waals surface area contributed by atoms with Crippen LogP contribution in [0.3, 0.4) is 0 Å². The zero-order valence-electron chi connectivity index (χ0n) is 14.0. The van der Waals surface area contributed by atoms with E-state index in [9.17, 15) is 18.0 Å². The van der Waals surface area contributed by atoms with Crippen LogP contribution in [0.1, 0.15) is 25.0 Å². The molecule has 8 heteroatoms. The molecule has 1 aliphatic rings. The molecule has 0 amide bonds. The lowest BCUT2D eigenvalue weighted by Gasteiger charge is -2.22. The standard InChI is InChI=1S/C17H20F3N3O2/c1-3-25-16(24)14(11(2)21)15-22-8-9-23(15)10-12-4-6-13(7-5-12)17(18,19)20/h4-7,21-22H,3,8-10H2,1-2H3/b15-14-,21-11?. The van der Waals surface area contributed by atoms with Crippen LogP contribution in [0.4, 0.5) is 13.2 Å². The molecule has 0 radical (unpaired) electrons. The van der Waals surface area contributed by atoms with Crippen LogP contribution in [0, 0.1) is 5.41 Å². The average molecular weight is 355 g/mol. The number of hydrogen-bond donors (Lipinski definition) is 2. The van der Waals surface area contributed by atoms with Crippen LogP contribution < -0.4 is 5.32 Å². The molecule has 0 aliphatic carbocycles. The fraction of sp³-hybridized carbons (Fsp3) is 0.412. The van der Waals surface area contributed by atoms with Crippen molar-refractivity contribution in [3.05, 3.63) is 46.8 Å². The summed E-state index contributed by atoms with van der Waals surface area (Å²) in [6.45, 7) is 4.86. The van der Waals surface area contributed by atoms with E-state index in [1.165, 1.54) is 19.1 Å². The number of nitrogens with one attached hydrogen (secondary N) is 2. The van der Waals surface area contributed by atoms with E-state index in [4.69, 9.17) is 10.1 Å². The molecule has 5 nitrogen and oxygen atoms in total. The van der Waals surface area contributed by atoms with Gasteiger partial charge in [-0.15, -0.1) is 0 Å². The average Bonchev–Trinajstić information content (AvgIpc) is 2.95. The maximum atomic E-state index is 12.6. The number of nitrogens with zero attached hydrogens (tertiary/aromatic N) is 1. The summed E-state index contributed by atoms with van der Waals surface area (Å²) < 4.78 is 42.9. The first-order valence-corrected chi connectivity index (χ1v) is 7.86. The molecule has 1 saturated heterocycles. The van der Waals surface area contributed by atoms with Crippen molar-refractivity contribution in [1.29, 1.82) is 5.41 Å². The second-order valence-electron chi connectivity index (χ2n) is 5.61. The zero-order chi connectivity index (χ0) is 18.6. The summed E-state index contributed by atoms with van der Waals surface area (Å²) >= 11 is 0. The third kappa shape index (κ3) is 4.52. The van der Waals surface area contributed by atoms with Gasteiger partial charge >= 0.3 is 12.1 Å². The summed E-state index contributed by atoms with van der Waals surface area (Å²) in [5.41, 5.74) is 0.195. The van der Waals surface area contributed by atoms with Gasteiger partial charge in [0.15, 0.2) is 0 Å². The molecule has 1 aromatic carbocycles. The number of carbonyl (C=O) groups is 1. The van der Waals surface area contributed by atoms with E-state index in [0.717, 1.165) is 12.1 Å². The van der Waals surface area contributed by atoms with Gasteiger partial charge in [0.05, 0.1) is 12.2 Å². The van der Waals surface area contributed by atoms with E-state index < -0.39 is 17.7 Å². The van der Waals surface area contributed by atoms with Crippen molar-refractivity contribution in [2.24, 2.45) is 0 Å². The fourth-order valence-corrected chi connectivity index (χ4v) is 2.59.